The van der Waals surface area contributed by atoms with Gasteiger partial charge in [0.15, 0.2) is 5.78 Å². The fraction of sp³-hybridized carbons (Fsp3) is 0.375. The van der Waals surface area contributed by atoms with Gasteiger partial charge in [-0.15, -0.1) is 11.3 Å². The first-order chi connectivity index (χ1) is 5.65. The molecule has 2 nitrogen and oxygen atoms in total. The summed E-state index contributed by atoms with van der Waals surface area (Å²) in [6.07, 6.45) is 0. The van der Waals surface area contributed by atoms with E-state index in [2.05, 4.69) is 15.9 Å². The predicted octanol–water partition coefficient (Wildman–Crippen LogP) is 2.86. The van der Waals surface area contributed by atoms with E-state index >= 15 is 0 Å². The molecular formula is C8H9BrO2S. The molecule has 0 spiro atoms. The molecule has 0 aliphatic heterocycles. The van der Waals surface area contributed by atoms with Crippen LogP contribution in [0.5, 0.6) is 0 Å². The molecule has 0 unspecified atom stereocenters. The van der Waals surface area contributed by atoms with Crippen LogP contribution in [0.1, 0.15) is 22.2 Å². The average molecular weight is 249 g/mol. The van der Waals surface area contributed by atoms with E-state index in [0.29, 0.717) is 6.61 Å². The van der Waals surface area contributed by atoms with Crippen LogP contribution in [0.4, 0.5) is 0 Å². The summed E-state index contributed by atoms with van der Waals surface area (Å²) in [5, 5.41) is 0. The Balaban J connectivity index is 2.92. The average Bonchev–Trinajstić information content (AvgIpc) is 2.34. The van der Waals surface area contributed by atoms with Crippen molar-refractivity contribution >= 4 is 33.0 Å². The molecule has 0 atom stereocenters. The van der Waals surface area contributed by atoms with Crippen molar-refractivity contribution in [3.63, 3.8) is 0 Å². The number of hydrogen-bond donors (Lipinski definition) is 0. The van der Waals surface area contributed by atoms with E-state index in [0.717, 1.165) is 14.2 Å². The number of methoxy groups -OCH3 is 1. The van der Waals surface area contributed by atoms with Gasteiger partial charge in [0.25, 0.3) is 0 Å². The molecule has 0 N–H and O–H groups in total. The summed E-state index contributed by atoms with van der Waals surface area (Å²) in [5.74, 6) is 0.100. The van der Waals surface area contributed by atoms with Crippen LogP contribution in [0.3, 0.4) is 0 Å². The highest BCUT2D eigenvalue weighted by molar-refractivity contribution is 9.11. The van der Waals surface area contributed by atoms with Crippen molar-refractivity contribution in [2.45, 2.75) is 13.5 Å². The van der Waals surface area contributed by atoms with Crippen molar-refractivity contribution < 1.29 is 9.53 Å². The molecule has 1 aromatic rings. The lowest BCUT2D eigenvalue weighted by atomic mass is 10.3. The minimum Gasteiger partial charge on any atom is -0.380 e. The summed E-state index contributed by atoms with van der Waals surface area (Å²) in [7, 11) is 1.64. The predicted molar refractivity (Wildman–Crippen MR) is 52.7 cm³/mol. The Morgan fingerprint density at radius 1 is 1.75 bits per heavy atom. The molecule has 1 aromatic heterocycles. The van der Waals surface area contributed by atoms with Crippen LogP contribution in [0.2, 0.25) is 0 Å². The molecule has 1 heterocycles. The molecular weight excluding hydrogens is 240 g/mol. The molecule has 0 radical (unpaired) electrons. The van der Waals surface area contributed by atoms with Gasteiger partial charge >= 0.3 is 0 Å². The number of thiophene rings is 1. The van der Waals surface area contributed by atoms with Gasteiger partial charge in [-0.05, 0) is 28.9 Å². The number of halogens is 1. The molecule has 0 aromatic carbocycles. The third-order valence-electron chi connectivity index (χ3n) is 1.40. The molecule has 12 heavy (non-hydrogen) atoms. The Morgan fingerprint density at radius 3 is 2.83 bits per heavy atom. The molecule has 0 bridgehead atoms. The van der Waals surface area contributed by atoms with E-state index < -0.39 is 0 Å². The number of Topliss-reactive ketones (excluding diaryl/α,β-unsaturated/α-hetero) is 1. The third-order valence-corrected chi connectivity index (χ3v) is 3.47. The first kappa shape index (κ1) is 9.89. The molecule has 0 saturated heterocycles. The summed E-state index contributed by atoms with van der Waals surface area (Å²) in [4.78, 5) is 11.7. The lowest BCUT2D eigenvalue weighted by Gasteiger charge is -1.93. The lowest BCUT2D eigenvalue weighted by molar-refractivity contribution is 0.102. The van der Waals surface area contributed by atoms with Gasteiger partial charge in [0.05, 0.1) is 15.3 Å². The maximum Gasteiger partial charge on any atom is 0.169 e. The minimum absolute atomic E-state index is 0.100. The first-order valence-corrected chi connectivity index (χ1v) is 5.04. The number of carbonyl (C=O) groups excluding carboxylic acids is 1. The maximum absolute atomic E-state index is 11.0. The smallest absolute Gasteiger partial charge is 0.169 e. The summed E-state index contributed by atoms with van der Waals surface area (Å²) in [5.41, 5.74) is 1.03. The summed E-state index contributed by atoms with van der Waals surface area (Å²) >= 11 is 4.82. The molecule has 4 heteroatoms. The first-order valence-electron chi connectivity index (χ1n) is 3.43. The SMILES string of the molecule is COCc1cc(C(C)=O)sc1Br. The lowest BCUT2D eigenvalue weighted by Crippen LogP contribution is -1.87. The minimum atomic E-state index is 0.100. The summed E-state index contributed by atoms with van der Waals surface area (Å²) < 4.78 is 5.95. The van der Waals surface area contributed by atoms with Crippen LogP contribution in [0, 0.1) is 0 Å². The standard InChI is InChI=1S/C8H9BrO2S/c1-5(10)7-3-6(4-11-2)8(9)12-7/h3H,4H2,1-2H3. The van der Waals surface area contributed by atoms with Crippen molar-refractivity contribution in [2.75, 3.05) is 7.11 Å². The number of hydrogen-bond acceptors (Lipinski definition) is 3. The van der Waals surface area contributed by atoms with E-state index in [1.54, 1.807) is 14.0 Å². The normalized spacial score (nSPS) is 10.2. The van der Waals surface area contributed by atoms with Crippen LogP contribution < -0.4 is 0 Å². The second-order valence-corrected chi connectivity index (χ2v) is 4.77. The van der Waals surface area contributed by atoms with Crippen LogP contribution in [-0.2, 0) is 11.3 Å². The zero-order valence-electron chi connectivity index (χ0n) is 6.89. The quantitative estimate of drug-likeness (QED) is 0.770. The van der Waals surface area contributed by atoms with E-state index in [1.807, 2.05) is 6.07 Å². The highest BCUT2D eigenvalue weighted by atomic mass is 79.9. The Labute approximate surface area is 83.7 Å². The molecule has 66 valence electrons. The zero-order valence-corrected chi connectivity index (χ0v) is 9.29. The molecule has 0 amide bonds. The van der Waals surface area contributed by atoms with Gasteiger partial charge in [0.1, 0.15) is 0 Å². The van der Waals surface area contributed by atoms with Gasteiger partial charge < -0.3 is 4.74 Å². The van der Waals surface area contributed by atoms with Crippen LogP contribution >= 0.6 is 27.3 Å². The fourth-order valence-electron chi connectivity index (χ4n) is 0.834. The van der Waals surface area contributed by atoms with Crippen molar-refractivity contribution in [3.8, 4) is 0 Å². The second kappa shape index (κ2) is 4.16. The van der Waals surface area contributed by atoms with Crippen LogP contribution in [0.25, 0.3) is 0 Å². The highest BCUT2D eigenvalue weighted by Gasteiger charge is 2.08. The van der Waals surface area contributed by atoms with Crippen LogP contribution in [0.15, 0.2) is 9.85 Å². The number of ketones is 1. The van der Waals surface area contributed by atoms with Gasteiger partial charge in [-0.1, -0.05) is 0 Å². The van der Waals surface area contributed by atoms with E-state index in [9.17, 15) is 4.79 Å². The van der Waals surface area contributed by atoms with E-state index in [-0.39, 0.29) is 5.78 Å². The van der Waals surface area contributed by atoms with Gasteiger partial charge in [-0.2, -0.15) is 0 Å². The maximum atomic E-state index is 11.0. The number of ether oxygens (including phenoxy) is 1. The zero-order chi connectivity index (χ0) is 9.14. The summed E-state index contributed by atoms with van der Waals surface area (Å²) in [6.45, 7) is 2.11. The Hall–Kier alpha value is -0.190. The van der Waals surface area contributed by atoms with Crippen molar-refractivity contribution in [3.05, 3.63) is 20.3 Å². The molecule has 0 saturated carbocycles. The second-order valence-electron chi connectivity index (χ2n) is 2.40. The van der Waals surface area contributed by atoms with Crippen molar-refractivity contribution in [2.24, 2.45) is 0 Å². The highest BCUT2D eigenvalue weighted by Crippen LogP contribution is 2.28. The Morgan fingerprint density at radius 2 is 2.42 bits per heavy atom. The number of carbonyl (C=O) groups is 1. The topological polar surface area (TPSA) is 26.3 Å². The van der Waals surface area contributed by atoms with E-state index in [4.69, 9.17) is 4.74 Å². The fourth-order valence-corrected chi connectivity index (χ4v) is 2.37. The van der Waals surface area contributed by atoms with Gasteiger partial charge in [-0.3, -0.25) is 4.79 Å². The van der Waals surface area contributed by atoms with Crippen LogP contribution in [-0.4, -0.2) is 12.9 Å². The molecule has 1 rings (SSSR count). The van der Waals surface area contributed by atoms with Crippen molar-refractivity contribution in [1.29, 1.82) is 0 Å². The number of rotatable bonds is 3. The van der Waals surface area contributed by atoms with Gasteiger partial charge in [0.2, 0.25) is 0 Å². The van der Waals surface area contributed by atoms with Gasteiger partial charge in [-0.25, -0.2) is 0 Å². The summed E-state index contributed by atoms with van der Waals surface area (Å²) in [6, 6.07) is 1.86. The molecule has 0 aliphatic rings. The van der Waals surface area contributed by atoms with Crippen molar-refractivity contribution in [1.82, 2.24) is 0 Å². The largest absolute Gasteiger partial charge is 0.380 e. The molecule has 0 aliphatic carbocycles. The van der Waals surface area contributed by atoms with Gasteiger partial charge in [0, 0.05) is 12.7 Å². The molecule has 0 fully saturated rings. The monoisotopic (exact) mass is 248 g/mol. The Kier molecular flexibility index (Phi) is 3.43. The Bertz CT molecular complexity index is 293. The third kappa shape index (κ3) is 2.15. The van der Waals surface area contributed by atoms with E-state index in [1.165, 1.54) is 11.3 Å².